The van der Waals surface area contributed by atoms with Crippen molar-refractivity contribution in [2.45, 2.75) is 71.8 Å². The highest BCUT2D eigenvalue weighted by atomic mass is 16.5. The van der Waals surface area contributed by atoms with Gasteiger partial charge in [-0.25, -0.2) is 0 Å². The molecule has 0 amide bonds. The average Bonchev–Trinajstić information content (AvgIpc) is 2.23. The molecule has 0 fully saturated rings. The van der Waals surface area contributed by atoms with Crippen LogP contribution in [0.3, 0.4) is 0 Å². The number of rotatable bonds is 10. The molecule has 1 unspecified atom stereocenters. The number of ketones is 1. The number of ether oxygens (including phenoxy) is 1. The topological polar surface area (TPSA) is 26.3 Å². The summed E-state index contributed by atoms with van der Waals surface area (Å²) in [4.78, 5) is 11.7. The van der Waals surface area contributed by atoms with Gasteiger partial charge >= 0.3 is 0 Å². The summed E-state index contributed by atoms with van der Waals surface area (Å²) >= 11 is 0. The van der Waals surface area contributed by atoms with Crippen LogP contribution in [0.25, 0.3) is 0 Å². The Morgan fingerprint density at radius 3 is 2.33 bits per heavy atom. The van der Waals surface area contributed by atoms with E-state index in [-0.39, 0.29) is 6.10 Å². The number of carbonyl (C=O) groups is 1. The third-order valence-electron chi connectivity index (χ3n) is 2.45. The van der Waals surface area contributed by atoms with Crippen LogP contribution in [0.4, 0.5) is 0 Å². The highest BCUT2D eigenvalue weighted by Crippen LogP contribution is 2.11. The van der Waals surface area contributed by atoms with E-state index in [9.17, 15) is 4.79 Å². The Morgan fingerprint density at radius 1 is 1.07 bits per heavy atom. The van der Waals surface area contributed by atoms with Crippen LogP contribution in [0, 0.1) is 0 Å². The van der Waals surface area contributed by atoms with Crippen molar-refractivity contribution in [3.8, 4) is 0 Å². The molecule has 0 aliphatic heterocycles. The Balaban J connectivity index is 3.87. The molecule has 0 bridgehead atoms. The predicted octanol–water partition coefficient (Wildman–Crippen LogP) is 3.73. The van der Waals surface area contributed by atoms with Crippen LogP contribution in [0.2, 0.25) is 0 Å². The van der Waals surface area contributed by atoms with Crippen LogP contribution in [0.15, 0.2) is 0 Å². The second-order valence-electron chi connectivity index (χ2n) is 4.07. The van der Waals surface area contributed by atoms with Gasteiger partial charge in [-0.2, -0.15) is 0 Å². The van der Waals surface area contributed by atoms with Gasteiger partial charge in [-0.05, 0) is 19.3 Å². The Labute approximate surface area is 94.4 Å². The largest absolute Gasteiger partial charge is 0.370 e. The molecule has 0 aliphatic carbocycles. The molecule has 90 valence electrons. The van der Waals surface area contributed by atoms with Gasteiger partial charge in [0.25, 0.3) is 0 Å². The minimum atomic E-state index is -0.128. The summed E-state index contributed by atoms with van der Waals surface area (Å²) in [5.41, 5.74) is 0. The smallest absolute Gasteiger partial charge is 0.161 e. The summed E-state index contributed by atoms with van der Waals surface area (Å²) in [6, 6.07) is 0. The van der Waals surface area contributed by atoms with Crippen molar-refractivity contribution in [1.82, 2.24) is 0 Å². The molecule has 0 saturated carbocycles. The summed E-state index contributed by atoms with van der Waals surface area (Å²) in [5, 5.41) is 0. The van der Waals surface area contributed by atoms with Gasteiger partial charge in [0, 0.05) is 13.0 Å². The van der Waals surface area contributed by atoms with Crippen LogP contribution in [0.1, 0.15) is 65.7 Å². The SMILES string of the molecule is CCCCCC(OCCC)C(=O)CCC. The first-order valence-electron chi connectivity index (χ1n) is 6.40. The second kappa shape index (κ2) is 10.2. The zero-order valence-corrected chi connectivity index (χ0v) is 10.6. The quantitative estimate of drug-likeness (QED) is 0.518. The lowest BCUT2D eigenvalue weighted by molar-refractivity contribution is -0.131. The van der Waals surface area contributed by atoms with E-state index in [2.05, 4.69) is 13.8 Å². The molecule has 1 atom stereocenters. The van der Waals surface area contributed by atoms with Crippen LogP contribution in [0.5, 0.6) is 0 Å². The fourth-order valence-corrected chi connectivity index (χ4v) is 1.58. The number of hydrogen-bond acceptors (Lipinski definition) is 2. The van der Waals surface area contributed by atoms with Crippen molar-refractivity contribution in [2.75, 3.05) is 6.61 Å². The molecular formula is C13H26O2. The van der Waals surface area contributed by atoms with Gasteiger partial charge in [-0.3, -0.25) is 4.79 Å². The zero-order valence-electron chi connectivity index (χ0n) is 10.6. The summed E-state index contributed by atoms with van der Waals surface area (Å²) in [6.07, 6.45) is 6.88. The highest BCUT2D eigenvalue weighted by Gasteiger charge is 2.16. The van der Waals surface area contributed by atoms with E-state index >= 15 is 0 Å². The van der Waals surface area contributed by atoms with E-state index in [1.807, 2.05) is 6.92 Å². The molecule has 0 rings (SSSR count). The van der Waals surface area contributed by atoms with Gasteiger partial charge < -0.3 is 4.74 Å². The second-order valence-corrected chi connectivity index (χ2v) is 4.07. The molecule has 0 aromatic rings. The third-order valence-corrected chi connectivity index (χ3v) is 2.45. The molecule has 0 heterocycles. The van der Waals surface area contributed by atoms with E-state index in [1.165, 1.54) is 12.8 Å². The molecule has 2 nitrogen and oxygen atoms in total. The van der Waals surface area contributed by atoms with Crippen LogP contribution < -0.4 is 0 Å². The summed E-state index contributed by atoms with van der Waals surface area (Å²) < 4.78 is 5.60. The normalized spacial score (nSPS) is 12.7. The maximum absolute atomic E-state index is 11.7. The number of hydrogen-bond donors (Lipinski definition) is 0. The third kappa shape index (κ3) is 7.55. The summed E-state index contributed by atoms with van der Waals surface area (Å²) in [7, 11) is 0. The summed E-state index contributed by atoms with van der Waals surface area (Å²) in [5.74, 6) is 0.294. The first-order valence-corrected chi connectivity index (χ1v) is 6.40. The van der Waals surface area contributed by atoms with E-state index in [0.717, 1.165) is 25.7 Å². The van der Waals surface area contributed by atoms with Gasteiger partial charge in [-0.1, -0.05) is 40.0 Å². The van der Waals surface area contributed by atoms with E-state index in [4.69, 9.17) is 4.74 Å². The highest BCUT2D eigenvalue weighted by molar-refractivity contribution is 5.82. The number of unbranched alkanes of at least 4 members (excludes halogenated alkanes) is 2. The van der Waals surface area contributed by atoms with Crippen molar-refractivity contribution < 1.29 is 9.53 Å². The standard InChI is InChI=1S/C13H26O2/c1-4-7-8-10-13(15-11-6-3)12(14)9-5-2/h13H,4-11H2,1-3H3. The Bertz CT molecular complexity index is 155. The van der Waals surface area contributed by atoms with E-state index in [1.54, 1.807) is 0 Å². The monoisotopic (exact) mass is 214 g/mol. The molecular weight excluding hydrogens is 188 g/mol. The van der Waals surface area contributed by atoms with Gasteiger partial charge in [0.2, 0.25) is 0 Å². The van der Waals surface area contributed by atoms with Crippen molar-refractivity contribution >= 4 is 5.78 Å². The Hall–Kier alpha value is -0.370. The molecule has 0 radical (unpaired) electrons. The number of carbonyl (C=O) groups excluding carboxylic acids is 1. The van der Waals surface area contributed by atoms with Crippen LogP contribution in [-0.2, 0) is 9.53 Å². The minimum absolute atomic E-state index is 0.128. The van der Waals surface area contributed by atoms with Gasteiger partial charge in [0.1, 0.15) is 6.10 Å². The Morgan fingerprint density at radius 2 is 1.80 bits per heavy atom. The van der Waals surface area contributed by atoms with E-state index in [0.29, 0.717) is 18.8 Å². The first kappa shape index (κ1) is 14.6. The first-order chi connectivity index (χ1) is 7.26. The average molecular weight is 214 g/mol. The molecule has 0 spiro atoms. The molecule has 0 saturated heterocycles. The van der Waals surface area contributed by atoms with Crippen molar-refractivity contribution in [1.29, 1.82) is 0 Å². The predicted molar refractivity (Wildman–Crippen MR) is 64.1 cm³/mol. The fourth-order valence-electron chi connectivity index (χ4n) is 1.58. The van der Waals surface area contributed by atoms with Crippen molar-refractivity contribution in [2.24, 2.45) is 0 Å². The number of Topliss-reactive ketones (excluding diaryl/α,β-unsaturated/α-hetero) is 1. The lowest BCUT2D eigenvalue weighted by Crippen LogP contribution is -2.24. The molecule has 0 aromatic carbocycles. The maximum atomic E-state index is 11.7. The molecule has 0 aliphatic rings. The molecule has 0 aromatic heterocycles. The van der Waals surface area contributed by atoms with Crippen molar-refractivity contribution in [3.05, 3.63) is 0 Å². The molecule has 15 heavy (non-hydrogen) atoms. The molecule has 0 N–H and O–H groups in total. The lowest BCUT2D eigenvalue weighted by Gasteiger charge is -2.15. The summed E-state index contributed by atoms with van der Waals surface area (Å²) in [6.45, 7) is 7.01. The van der Waals surface area contributed by atoms with Gasteiger partial charge in [-0.15, -0.1) is 0 Å². The zero-order chi connectivity index (χ0) is 11.5. The van der Waals surface area contributed by atoms with Crippen molar-refractivity contribution in [3.63, 3.8) is 0 Å². The lowest BCUT2D eigenvalue weighted by atomic mass is 10.0. The molecule has 2 heteroatoms. The Kier molecular flexibility index (Phi) is 9.91. The van der Waals surface area contributed by atoms with E-state index < -0.39 is 0 Å². The van der Waals surface area contributed by atoms with Crippen LogP contribution >= 0.6 is 0 Å². The maximum Gasteiger partial charge on any atom is 0.161 e. The van der Waals surface area contributed by atoms with Gasteiger partial charge in [0.05, 0.1) is 0 Å². The fraction of sp³-hybridized carbons (Fsp3) is 0.923. The van der Waals surface area contributed by atoms with Gasteiger partial charge in [0.15, 0.2) is 5.78 Å². The van der Waals surface area contributed by atoms with Crippen LogP contribution in [-0.4, -0.2) is 18.5 Å². The minimum Gasteiger partial charge on any atom is -0.370 e.